The quantitative estimate of drug-likeness (QED) is 0.178. The van der Waals surface area contributed by atoms with Gasteiger partial charge in [0.15, 0.2) is 0 Å². The third kappa shape index (κ3) is 4.57. The molecule has 8 aromatic carbocycles. The first-order chi connectivity index (χ1) is 24.8. The maximum Gasteiger partial charge on any atom is 0.0547 e. The lowest BCUT2D eigenvalue weighted by molar-refractivity contribution is 1.18. The van der Waals surface area contributed by atoms with Gasteiger partial charge >= 0.3 is 0 Å². The fourth-order valence-electron chi connectivity index (χ4n) is 7.77. The Hall–Kier alpha value is -6.64. The third-order valence-corrected chi connectivity index (χ3v) is 10.1. The molecule has 0 aliphatic carbocycles. The Bertz CT molecular complexity index is 2670. The Labute approximate surface area is 290 Å². The summed E-state index contributed by atoms with van der Waals surface area (Å²) < 4.78 is 4.79. The van der Waals surface area contributed by atoms with Gasteiger partial charge in [0.1, 0.15) is 0 Å². The van der Waals surface area contributed by atoms with E-state index in [2.05, 4.69) is 203 Å². The van der Waals surface area contributed by atoms with Crippen LogP contribution in [-0.4, -0.2) is 9.13 Å². The van der Waals surface area contributed by atoms with Gasteiger partial charge in [-0.15, -0.1) is 0 Å². The summed E-state index contributed by atoms with van der Waals surface area (Å²) in [5.74, 6) is 0. The largest absolute Gasteiger partial charge is 0.309 e. The molecule has 0 amide bonds. The molecule has 0 fully saturated rings. The number of benzene rings is 8. The van der Waals surface area contributed by atoms with Crippen LogP contribution >= 0.6 is 0 Å². The van der Waals surface area contributed by atoms with Gasteiger partial charge < -0.3 is 9.13 Å². The fraction of sp³-hybridized carbons (Fsp3) is 0. The van der Waals surface area contributed by atoms with E-state index in [0.29, 0.717) is 0 Å². The number of hydrogen-bond donors (Lipinski definition) is 0. The predicted molar refractivity (Wildman–Crippen MR) is 211 cm³/mol. The molecule has 0 N–H and O–H groups in total. The molecule has 2 heterocycles. The van der Waals surface area contributed by atoms with Gasteiger partial charge in [-0.25, -0.2) is 0 Å². The standard InChI is InChI=1S/C48H32N2/c1-4-14-33(15-5-1)36-28-37(34-24-26-43-41-20-10-12-22-45(41)49(47(43)31-34)39-16-6-2-7-17-39)30-38(29-36)35-25-27-44-42-21-11-13-23-46(42)50(48(44)32-35)40-18-8-3-9-19-40/h1-32H. The summed E-state index contributed by atoms with van der Waals surface area (Å²) >= 11 is 0. The minimum absolute atomic E-state index is 1.16. The average Bonchev–Trinajstić information content (AvgIpc) is 3.71. The second-order valence-corrected chi connectivity index (χ2v) is 13.0. The maximum absolute atomic E-state index is 2.40. The lowest BCUT2D eigenvalue weighted by Gasteiger charge is -2.13. The highest BCUT2D eigenvalue weighted by atomic mass is 15.0. The molecule has 0 radical (unpaired) electrons. The van der Waals surface area contributed by atoms with Crippen LogP contribution in [0.4, 0.5) is 0 Å². The predicted octanol–water partition coefficient (Wildman–Crippen LogP) is 12.9. The summed E-state index contributed by atoms with van der Waals surface area (Å²) in [6.07, 6.45) is 0. The number of rotatable bonds is 5. The lowest BCUT2D eigenvalue weighted by atomic mass is 9.92. The smallest absolute Gasteiger partial charge is 0.0547 e. The fourth-order valence-corrected chi connectivity index (χ4v) is 7.77. The van der Waals surface area contributed by atoms with Gasteiger partial charge in [0, 0.05) is 32.9 Å². The molecule has 2 aromatic heterocycles. The van der Waals surface area contributed by atoms with Crippen LogP contribution in [0, 0.1) is 0 Å². The van der Waals surface area contributed by atoms with E-state index in [1.807, 2.05) is 0 Å². The van der Waals surface area contributed by atoms with E-state index in [9.17, 15) is 0 Å². The monoisotopic (exact) mass is 636 g/mol. The Balaban J connectivity index is 1.21. The SMILES string of the molecule is c1ccc(-c2cc(-c3ccc4c5ccccc5n(-c5ccccc5)c4c3)cc(-c3ccc4c5ccccc5n(-c5ccccc5)c4c3)c2)cc1. The second kappa shape index (κ2) is 11.5. The zero-order valence-electron chi connectivity index (χ0n) is 27.4. The van der Waals surface area contributed by atoms with Crippen molar-refractivity contribution >= 4 is 43.6 Å². The summed E-state index contributed by atoms with van der Waals surface area (Å²) in [5, 5.41) is 5.04. The van der Waals surface area contributed by atoms with Crippen LogP contribution in [0.1, 0.15) is 0 Å². The van der Waals surface area contributed by atoms with Crippen molar-refractivity contribution in [2.75, 3.05) is 0 Å². The van der Waals surface area contributed by atoms with E-state index < -0.39 is 0 Å². The highest BCUT2D eigenvalue weighted by Crippen LogP contribution is 2.39. The number of hydrogen-bond acceptors (Lipinski definition) is 0. The molecular weight excluding hydrogens is 605 g/mol. The van der Waals surface area contributed by atoms with Gasteiger partial charge in [0.05, 0.1) is 22.1 Å². The number of fused-ring (bicyclic) bond motifs is 6. The molecular formula is C48H32N2. The van der Waals surface area contributed by atoms with Crippen molar-refractivity contribution in [1.82, 2.24) is 9.13 Å². The van der Waals surface area contributed by atoms with Gasteiger partial charge in [0.25, 0.3) is 0 Å². The number of nitrogens with zero attached hydrogens (tertiary/aromatic N) is 2. The molecule has 50 heavy (non-hydrogen) atoms. The van der Waals surface area contributed by atoms with E-state index in [0.717, 1.165) is 11.4 Å². The summed E-state index contributed by atoms with van der Waals surface area (Å²) in [7, 11) is 0. The van der Waals surface area contributed by atoms with Crippen LogP contribution in [0.25, 0.3) is 88.4 Å². The third-order valence-electron chi connectivity index (χ3n) is 10.1. The van der Waals surface area contributed by atoms with Crippen LogP contribution in [0.3, 0.4) is 0 Å². The maximum atomic E-state index is 2.40. The first kappa shape index (κ1) is 28.4. The van der Waals surface area contributed by atoms with Crippen LogP contribution in [0.2, 0.25) is 0 Å². The Morgan fingerprint density at radius 2 is 0.580 bits per heavy atom. The van der Waals surface area contributed by atoms with Crippen LogP contribution < -0.4 is 0 Å². The average molecular weight is 637 g/mol. The molecule has 0 spiro atoms. The van der Waals surface area contributed by atoms with Gasteiger partial charge in [-0.1, -0.05) is 127 Å². The van der Waals surface area contributed by atoms with E-state index >= 15 is 0 Å². The molecule has 0 saturated heterocycles. The topological polar surface area (TPSA) is 9.86 Å². The first-order valence-corrected chi connectivity index (χ1v) is 17.2. The van der Waals surface area contributed by atoms with E-state index in [1.165, 1.54) is 77.0 Å². The van der Waals surface area contributed by atoms with Crippen molar-refractivity contribution in [2.24, 2.45) is 0 Å². The van der Waals surface area contributed by atoms with Crippen molar-refractivity contribution in [3.8, 4) is 44.8 Å². The summed E-state index contributed by atoms with van der Waals surface area (Å²) in [5.41, 5.74) is 14.3. The molecule has 2 nitrogen and oxygen atoms in total. The Morgan fingerprint density at radius 1 is 0.220 bits per heavy atom. The van der Waals surface area contributed by atoms with Crippen molar-refractivity contribution in [2.45, 2.75) is 0 Å². The molecule has 0 bridgehead atoms. The van der Waals surface area contributed by atoms with Crippen molar-refractivity contribution in [1.29, 1.82) is 0 Å². The first-order valence-electron chi connectivity index (χ1n) is 17.2. The normalized spacial score (nSPS) is 11.6. The highest BCUT2D eigenvalue weighted by molar-refractivity contribution is 6.11. The minimum atomic E-state index is 1.16. The van der Waals surface area contributed by atoms with Gasteiger partial charge in [-0.05, 0) is 100 Å². The summed E-state index contributed by atoms with van der Waals surface area (Å²) in [6, 6.07) is 70.5. The van der Waals surface area contributed by atoms with Crippen molar-refractivity contribution < 1.29 is 0 Å². The molecule has 10 aromatic rings. The van der Waals surface area contributed by atoms with E-state index in [1.54, 1.807) is 0 Å². The minimum Gasteiger partial charge on any atom is -0.309 e. The molecule has 0 atom stereocenters. The molecule has 0 aliphatic heterocycles. The van der Waals surface area contributed by atoms with Gasteiger partial charge in [-0.2, -0.15) is 0 Å². The Kier molecular flexibility index (Phi) is 6.53. The van der Waals surface area contributed by atoms with Crippen LogP contribution in [0.15, 0.2) is 194 Å². The van der Waals surface area contributed by atoms with Crippen molar-refractivity contribution in [3.05, 3.63) is 194 Å². The van der Waals surface area contributed by atoms with Crippen LogP contribution in [-0.2, 0) is 0 Å². The van der Waals surface area contributed by atoms with Crippen molar-refractivity contribution in [3.63, 3.8) is 0 Å². The van der Waals surface area contributed by atoms with E-state index in [-0.39, 0.29) is 0 Å². The zero-order valence-corrected chi connectivity index (χ0v) is 27.4. The van der Waals surface area contributed by atoms with Gasteiger partial charge in [-0.3, -0.25) is 0 Å². The van der Waals surface area contributed by atoms with Crippen LogP contribution in [0.5, 0.6) is 0 Å². The molecule has 0 saturated carbocycles. The molecule has 2 heteroatoms. The molecule has 0 unspecified atom stereocenters. The summed E-state index contributed by atoms with van der Waals surface area (Å²) in [4.78, 5) is 0. The molecule has 10 rings (SSSR count). The zero-order chi connectivity index (χ0) is 33.0. The van der Waals surface area contributed by atoms with Gasteiger partial charge in [0.2, 0.25) is 0 Å². The highest BCUT2D eigenvalue weighted by Gasteiger charge is 2.16. The lowest BCUT2D eigenvalue weighted by Crippen LogP contribution is -1.94. The Morgan fingerprint density at radius 3 is 1.04 bits per heavy atom. The summed E-state index contributed by atoms with van der Waals surface area (Å²) in [6.45, 7) is 0. The second-order valence-electron chi connectivity index (χ2n) is 13.0. The number of aromatic nitrogens is 2. The number of para-hydroxylation sites is 4. The molecule has 0 aliphatic rings. The van der Waals surface area contributed by atoms with E-state index in [4.69, 9.17) is 0 Å². The molecule has 234 valence electrons.